The van der Waals surface area contributed by atoms with Crippen LogP contribution in [0.4, 0.5) is 5.69 Å². The number of aryl methyl sites for hydroxylation is 1. The summed E-state index contributed by atoms with van der Waals surface area (Å²) < 4.78 is 21.5. The van der Waals surface area contributed by atoms with Gasteiger partial charge in [0.15, 0.2) is 23.0 Å². The number of ether oxygens (including phenoxy) is 4. The number of methoxy groups -OCH3 is 3. The number of hydrogen-bond donors (Lipinski definition) is 1. The lowest BCUT2D eigenvalue weighted by molar-refractivity contribution is -0.116. The van der Waals surface area contributed by atoms with E-state index in [9.17, 15) is 4.79 Å². The predicted molar refractivity (Wildman–Crippen MR) is 101 cm³/mol. The normalized spacial score (nSPS) is 10.2. The molecule has 0 aliphatic heterocycles. The van der Waals surface area contributed by atoms with Gasteiger partial charge in [0, 0.05) is 18.2 Å². The molecule has 0 radical (unpaired) electrons. The lowest BCUT2D eigenvalue weighted by Crippen LogP contribution is -2.13. The minimum Gasteiger partial charge on any atom is -0.493 e. The summed E-state index contributed by atoms with van der Waals surface area (Å²) in [6, 6.07) is 10.9. The topological polar surface area (TPSA) is 66.0 Å². The molecule has 1 amide bonds. The first-order valence-corrected chi connectivity index (χ1v) is 8.43. The van der Waals surface area contributed by atoms with E-state index in [1.54, 1.807) is 39.5 Å². The third kappa shape index (κ3) is 4.81. The van der Waals surface area contributed by atoms with E-state index in [1.807, 2.05) is 25.1 Å². The van der Waals surface area contributed by atoms with Gasteiger partial charge >= 0.3 is 0 Å². The van der Waals surface area contributed by atoms with Crippen molar-refractivity contribution in [2.45, 2.75) is 19.8 Å². The van der Waals surface area contributed by atoms with Crippen molar-refractivity contribution in [2.75, 3.05) is 33.3 Å². The zero-order chi connectivity index (χ0) is 18.9. The first-order chi connectivity index (χ1) is 12.6. The van der Waals surface area contributed by atoms with Gasteiger partial charge < -0.3 is 24.3 Å². The zero-order valence-corrected chi connectivity index (χ0v) is 15.6. The Labute approximate surface area is 154 Å². The molecule has 2 aromatic carbocycles. The second kappa shape index (κ2) is 9.56. The van der Waals surface area contributed by atoms with Crippen molar-refractivity contribution >= 4 is 11.6 Å². The van der Waals surface area contributed by atoms with E-state index in [0.717, 1.165) is 5.56 Å². The van der Waals surface area contributed by atoms with Crippen molar-refractivity contribution in [3.8, 4) is 23.0 Å². The number of carbonyl (C=O) groups is 1. The fourth-order valence-electron chi connectivity index (χ4n) is 2.64. The minimum absolute atomic E-state index is 0.0962. The molecule has 6 heteroatoms. The Bertz CT molecular complexity index is 745. The van der Waals surface area contributed by atoms with E-state index < -0.39 is 0 Å². The standard InChI is InChI=1S/C20H25NO5/c1-5-26-16-11-10-15(13-18(16)24-3)21-19(22)12-9-14-7-6-8-17(23-2)20(14)25-4/h6-8,10-11,13H,5,9,12H2,1-4H3,(H,21,22). The van der Waals surface area contributed by atoms with Crippen LogP contribution in [-0.2, 0) is 11.2 Å². The van der Waals surface area contributed by atoms with Gasteiger partial charge in [0.2, 0.25) is 5.91 Å². The van der Waals surface area contributed by atoms with E-state index in [4.69, 9.17) is 18.9 Å². The Morgan fingerprint density at radius 1 is 0.962 bits per heavy atom. The maximum absolute atomic E-state index is 12.3. The van der Waals surface area contributed by atoms with Crippen molar-refractivity contribution in [1.82, 2.24) is 0 Å². The molecule has 6 nitrogen and oxygen atoms in total. The monoisotopic (exact) mass is 359 g/mol. The van der Waals surface area contributed by atoms with Gasteiger partial charge in [-0.3, -0.25) is 4.79 Å². The van der Waals surface area contributed by atoms with Crippen molar-refractivity contribution < 1.29 is 23.7 Å². The van der Waals surface area contributed by atoms with Crippen LogP contribution in [0.2, 0.25) is 0 Å². The molecular formula is C20H25NO5. The summed E-state index contributed by atoms with van der Waals surface area (Å²) in [7, 11) is 4.75. The summed E-state index contributed by atoms with van der Waals surface area (Å²) in [6.07, 6.45) is 0.861. The van der Waals surface area contributed by atoms with E-state index in [0.29, 0.717) is 48.1 Å². The summed E-state index contributed by atoms with van der Waals surface area (Å²) in [6.45, 7) is 2.45. The summed E-state index contributed by atoms with van der Waals surface area (Å²) in [4.78, 5) is 12.3. The Kier molecular flexibility index (Phi) is 7.14. The number of anilines is 1. The second-order valence-electron chi connectivity index (χ2n) is 5.50. The van der Waals surface area contributed by atoms with Gasteiger partial charge in [-0.2, -0.15) is 0 Å². The molecule has 140 valence electrons. The van der Waals surface area contributed by atoms with Crippen LogP contribution in [0.15, 0.2) is 36.4 Å². The highest BCUT2D eigenvalue weighted by atomic mass is 16.5. The number of para-hydroxylation sites is 1. The van der Waals surface area contributed by atoms with Crippen LogP contribution in [0, 0.1) is 0 Å². The largest absolute Gasteiger partial charge is 0.493 e. The average molecular weight is 359 g/mol. The Morgan fingerprint density at radius 3 is 2.38 bits per heavy atom. The summed E-state index contributed by atoms with van der Waals surface area (Å²) in [5.74, 6) is 2.45. The van der Waals surface area contributed by atoms with Crippen LogP contribution in [-0.4, -0.2) is 33.8 Å². The number of nitrogens with one attached hydrogen (secondary N) is 1. The third-order valence-electron chi connectivity index (χ3n) is 3.85. The molecule has 0 atom stereocenters. The lowest BCUT2D eigenvalue weighted by Gasteiger charge is -2.13. The van der Waals surface area contributed by atoms with E-state index in [2.05, 4.69) is 5.32 Å². The van der Waals surface area contributed by atoms with Crippen molar-refractivity contribution in [3.05, 3.63) is 42.0 Å². The molecule has 0 aliphatic rings. The van der Waals surface area contributed by atoms with Gasteiger partial charge in [-0.1, -0.05) is 12.1 Å². The first kappa shape index (κ1) is 19.4. The van der Waals surface area contributed by atoms with Crippen molar-refractivity contribution in [1.29, 1.82) is 0 Å². The fraction of sp³-hybridized carbons (Fsp3) is 0.350. The second-order valence-corrected chi connectivity index (χ2v) is 5.50. The van der Waals surface area contributed by atoms with E-state index >= 15 is 0 Å². The maximum Gasteiger partial charge on any atom is 0.224 e. The molecule has 2 aromatic rings. The Morgan fingerprint density at radius 2 is 1.73 bits per heavy atom. The zero-order valence-electron chi connectivity index (χ0n) is 15.6. The van der Waals surface area contributed by atoms with Crippen LogP contribution in [0.25, 0.3) is 0 Å². The molecule has 0 saturated heterocycles. The van der Waals surface area contributed by atoms with Gasteiger partial charge in [-0.15, -0.1) is 0 Å². The first-order valence-electron chi connectivity index (χ1n) is 8.43. The van der Waals surface area contributed by atoms with Gasteiger partial charge in [0.05, 0.1) is 27.9 Å². The van der Waals surface area contributed by atoms with Crippen LogP contribution in [0.5, 0.6) is 23.0 Å². The number of benzene rings is 2. The highest BCUT2D eigenvalue weighted by molar-refractivity contribution is 5.91. The van der Waals surface area contributed by atoms with Crippen LogP contribution in [0.3, 0.4) is 0 Å². The van der Waals surface area contributed by atoms with E-state index in [-0.39, 0.29) is 5.91 Å². The molecule has 0 spiro atoms. The number of rotatable bonds is 9. The molecule has 0 heterocycles. The smallest absolute Gasteiger partial charge is 0.224 e. The van der Waals surface area contributed by atoms with Gasteiger partial charge in [0.1, 0.15) is 0 Å². The third-order valence-corrected chi connectivity index (χ3v) is 3.85. The highest BCUT2D eigenvalue weighted by Crippen LogP contribution is 2.32. The number of amides is 1. The van der Waals surface area contributed by atoms with Crippen LogP contribution >= 0.6 is 0 Å². The summed E-state index contributed by atoms with van der Waals surface area (Å²) in [5.41, 5.74) is 1.58. The van der Waals surface area contributed by atoms with E-state index in [1.165, 1.54) is 0 Å². The Balaban J connectivity index is 2.01. The summed E-state index contributed by atoms with van der Waals surface area (Å²) in [5, 5.41) is 2.88. The quantitative estimate of drug-likeness (QED) is 0.740. The molecule has 0 aromatic heterocycles. The van der Waals surface area contributed by atoms with Gasteiger partial charge in [-0.25, -0.2) is 0 Å². The molecule has 0 saturated carbocycles. The minimum atomic E-state index is -0.0962. The van der Waals surface area contributed by atoms with Crippen LogP contribution < -0.4 is 24.3 Å². The fourth-order valence-corrected chi connectivity index (χ4v) is 2.64. The predicted octanol–water partition coefficient (Wildman–Crippen LogP) is 3.68. The molecule has 1 N–H and O–H groups in total. The molecule has 2 rings (SSSR count). The average Bonchev–Trinajstić information content (AvgIpc) is 2.67. The number of hydrogen-bond acceptors (Lipinski definition) is 5. The van der Waals surface area contributed by atoms with Crippen LogP contribution in [0.1, 0.15) is 18.9 Å². The van der Waals surface area contributed by atoms with Crippen molar-refractivity contribution in [2.24, 2.45) is 0 Å². The highest BCUT2D eigenvalue weighted by Gasteiger charge is 2.12. The lowest BCUT2D eigenvalue weighted by atomic mass is 10.1. The maximum atomic E-state index is 12.3. The molecule has 26 heavy (non-hydrogen) atoms. The number of carbonyl (C=O) groups excluding carboxylic acids is 1. The molecule has 0 aliphatic carbocycles. The van der Waals surface area contributed by atoms with Crippen molar-refractivity contribution in [3.63, 3.8) is 0 Å². The SMILES string of the molecule is CCOc1ccc(NC(=O)CCc2cccc(OC)c2OC)cc1OC. The molecule has 0 bridgehead atoms. The molecular weight excluding hydrogens is 334 g/mol. The van der Waals surface area contributed by atoms with Gasteiger partial charge in [-0.05, 0) is 37.1 Å². The molecule has 0 unspecified atom stereocenters. The molecule has 0 fully saturated rings. The Hall–Kier alpha value is -2.89. The summed E-state index contributed by atoms with van der Waals surface area (Å²) >= 11 is 0. The van der Waals surface area contributed by atoms with Gasteiger partial charge in [0.25, 0.3) is 0 Å².